The maximum Gasteiger partial charge on any atom is 0.243 e. The minimum atomic E-state index is -0.440. The first-order chi connectivity index (χ1) is 17.6. The second-order valence-corrected chi connectivity index (χ2v) is 10.6. The quantitative estimate of drug-likeness (QED) is 0.446. The second-order valence-electron chi connectivity index (χ2n) is 10.6. The van der Waals surface area contributed by atoms with Gasteiger partial charge in [-0.1, -0.05) is 13.8 Å². The van der Waals surface area contributed by atoms with Crippen molar-refractivity contribution in [1.82, 2.24) is 30.5 Å². The molecule has 37 heavy (non-hydrogen) atoms. The Kier molecular flexibility index (Phi) is 9.96. The predicted octanol–water partition coefficient (Wildman–Crippen LogP) is -0.269. The number of carbonyl (C=O) groups is 2. The van der Waals surface area contributed by atoms with Gasteiger partial charge in [0.2, 0.25) is 29.5 Å². The predicted molar refractivity (Wildman–Crippen MR) is 137 cm³/mol. The smallest absolute Gasteiger partial charge is 0.243 e. The molecular formula is C24H39N9O4. The van der Waals surface area contributed by atoms with Crippen LogP contribution in [0.25, 0.3) is 0 Å². The molecule has 0 aromatic carbocycles. The Bertz CT molecular complexity index is 970. The van der Waals surface area contributed by atoms with E-state index in [-0.39, 0.29) is 54.7 Å². The largest absolute Gasteiger partial charge is 0.378 e. The fraction of sp³-hybridized carbons (Fsp3) is 0.750. The molecule has 2 amide bonds. The number of aromatic nitrogens is 3. The molecule has 1 aromatic rings. The number of ether oxygens (including phenoxy) is 2. The Morgan fingerprint density at radius 1 is 1.14 bits per heavy atom. The molecule has 0 spiro atoms. The van der Waals surface area contributed by atoms with Crippen molar-refractivity contribution in [1.29, 1.82) is 5.26 Å². The SMILES string of the molecule is CC(C)CN(CC(=O)N1CCOCC1NCC(=O)NC(C)(C)C)c1nc(C#N)nc(N2CCOCC2)n1. The van der Waals surface area contributed by atoms with E-state index in [0.717, 1.165) is 0 Å². The van der Waals surface area contributed by atoms with Crippen LogP contribution in [-0.2, 0) is 19.1 Å². The fourth-order valence-electron chi connectivity index (χ4n) is 4.11. The summed E-state index contributed by atoms with van der Waals surface area (Å²) in [6.45, 7) is 13.8. The molecule has 13 heteroatoms. The molecule has 0 radical (unpaired) electrons. The van der Waals surface area contributed by atoms with Gasteiger partial charge in [0.05, 0.1) is 39.5 Å². The molecule has 1 aromatic heterocycles. The summed E-state index contributed by atoms with van der Waals surface area (Å²) in [6.07, 6.45) is -0.440. The van der Waals surface area contributed by atoms with Gasteiger partial charge in [-0.3, -0.25) is 14.9 Å². The lowest BCUT2D eigenvalue weighted by molar-refractivity contribution is -0.140. The summed E-state index contributed by atoms with van der Waals surface area (Å²) in [4.78, 5) is 44.5. The normalized spacial score (nSPS) is 18.5. The van der Waals surface area contributed by atoms with Gasteiger partial charge < -0.3 is 29.5 Å². The Balaban J connectivity index is 1.76. The summed E-state index contributed by atoms with van der Waals surface area (Å²) in [5, 5.41) is 15.6. The van der Waals surface area contributed by atoms with E-state index < -0.39 is 6.17 Å². The summed E-state index contributed by atoms with van der Waals surface area (Å²) in [5.74, 6) is 0.602. The summed E-state index contributed by atoms with van der Waals surface area (Å²) in [6, 6.07) is 2.02. The molecule has 3 rings (SSSR count). The van der Waals surface area contributed by atoms with E-state index in [9.17, 15) is 14.9 Å². The lowest BCUT2D eigenvalue weighted by Crippen LogP contribution is -2.59. The summed E-state index contributed by atoms with van der Waals surface area (Å²) in [7, 11) is 0. The molecule has 13 nitrogen and oxygen atoms in total. The van der Waals surface area contributed by atoms with Crippen molar-refractivity contribution in [3.63, 3.8) is 0 Å². The van der Waals surface area contributed by atoms with Crippen molar-refractivity contribution in [3.05, 3.63) is 5.82 Å². The standard InChI is InChI=1S/C24H39N9O4/c1-17(2)14-32(23-28-18(12-25)27-22(29-23)31-6-9-36-10-7-31)15-21(35)33-8-11-37-16-19(33)26-13-20(34)30-24(3,4)5/h17,19,26H,6-11,13-16H2,1-5H3,(H,30,34). The molecule has 0 bridgehead atoms. The van der Waals surface area contributed by atoms with E-state index in [2.05, 4.69) is 25.6 Å². The Morgan fingerprint density at radius 2 is 1.84 bits per heavy atom. The van der Waals surface area contributed by atoms with Crippen molar-refractivity contribution in [2.24, 2.45) is 5.92 Å². The van der Waals surface area contributed by atoms with Gasteiger partial charge in [-0.15, -0.1) is 0 Å². The van der Waals surface area contributed by atoms with Gasteiger partial charge in [-0.05, 0) is 26.7 Å². The number of hydrogen-bond donors (Lipinski definition) is 2. The molecule has 2 N–H and O–H groups in total. The highest BCUT2D eigenvalue weighted by atomic mass is 16.5. The van der Waals surface area contributed by atoms with E-state index in [1.165, 1.54) is 0 Å². The lowest BCUT2D eigenvalue weighted by atomic mass is 10.1. The van der Waals surface area contributed by atoms with Crippen molar-refractivity contribution >= 4 is 23.7 Å². The van der Waals surface area contributed by atoms with E-state index in [4.69, 9.17) is 9.47 Å². The molecule has 3 heterocycles. The van der Waals surface area contributed by atoms with E-state index >= 15 is 0 Å². The van der Waals surface area contributed by atoms with Gasteiger partial charge in [0.15, 0.2) is 0 Å². The first kappa shape index (κ1) is 28.5. The average molecular weight is 518 g/mol. The van der Waals surface area contributed by atoms with Gasteiger partial charge in [-0.25, -0.2) is 0 Å². The van der Waals surface area contributed by atoms with Crippen LogP contribution in [0, 0.1) is 17.2 Å². The topological polar surface area (TPSA) is 149 Å². The maximum atomic E-state index is 13.5. The molecular weight excluding hydrogens is 478 g/mol. The molecule has 2 aliphatic rings. The van der Waals surface area contributed by atoms with Crippen LogP contribution in [0.4, 0.5) is 11.9 Å². The third kappa shape index (κ3) is 8.77. The number of nitrogens with zero attached hydrogens (tertiary/aromatic N) is 7. The van der Waals surface area contributed by atoms with Crippen LogP contribution < -0.4 is 20.4 Å². The molecule has 1 unspecified atom stereocenters. The monoisotopic (exact) mass is 517 g/mol. The van der Waals surface area contributed by atoms with Gasteiger partial charge in [0.25, 0.3) is 0 Å². The number of morpholine rings is 2. The summed E-state index contributed by atoms with van der Waals surface area (Å²) < 4.78 is 11.0. The summed E-state index contributed by atoms with van der Waals surface area (Å²) >= 11 is 0. The van der Waals surface area contributed by atoms with Crippen LogP contribution >= 0.6 is 0 Å². The Labute approximate surface area is 218 Å². The van der Waals surface area contributed by atoms with Crippen molar-refractivity contribution in [2.45, 2.75) is 46.3 Å². The summed E-state index contributed by atoms with van der Waals surface area (Å²) in [5.41, 5.74) is -0.346. The first-order valence-electron chi connectivity index (χ1n) is 12.7. The molecule has 0 aliphatic carbocycles. The highest BCUT2D eigenvalue weighted by Gasteiger charge is 2.30. The molecule has 2 saturated heterocycles. The van der Waals surface area contributed by atoms with Crippen LogP contribution in [0.2, 0.25) is 0 Å². The van der Waals surface area contributed by atoms with Crippen molar-refractivity contribution < 1.29 is 19.1 Å². The number of carbonyl (C=O) groups excluding carboxylic acids is 2. The van der Waals surface area contributed by atoms with Gasteiger partial charge >= 0.3 is 0 Å². The van der Waals surface area contributed by atoms with Crippen LogP contribution in [0.1, 0.15) is 40.4 Å². The third-order valence-electron chi connectivity index (χ3n) is 5.66. The van der Waals surface area contributed by atoms with Crippen molar-refractivity contribution in [3.8, 4) is 6.07 Å². The zero-order valence-corrected chi connectivity index (χ0v) is 22.5. The zero-order valence-electron chi connectivity index (χ0n) is 22.5. The molecule has 0 saturated carbocycles. The van der Waals surface area contributed by atoms with Crippen LogP contribution in [-0.4, -0.2) is 109 Å². The van der Waals surface area contributed by atoms with Gasteiger partial charge in [0, 0.05) is 31.7 Å². The maximum absolute atomic E-state index is 13.5. The van der Waals surface area contributed by atoms with Crippen LogP contribution in [0.5, 0.6) is 0 Å². The zero-order chi connectivity index (χ0) is 27.0. The first-order valence-corrected chi connectivity index (χ1v) is 12.7. The second kappa shape index (κ2) is 12.9. The van der Waals surface area contributed by atoms with Crippen LogP contribution in [0.3, 0.4) is 0 Å². The highest BCUT2D eigenvalue weighted by molar-refractivity contribution is 5.82. The number of hydrogen-bond acceptors (Lipinski definition) is 11. The third-order valence-corrected chi connectivity index (χ3v) is 5.66. The minimum Gasteiger partial charge on any atom is -0.378 e. The Morgan fingerprint density at radius 3 is 2.49 bits per heavy atom. The lowest BCUT2D eigenvalue weighted by Gasteiger charge is -2.37. The highest BCUT2D eigenvalue weighted by Crippen LogP contribution is 2.18. The number of nitriles is 1. The molecule has 1 atom stereocenters. The van der Waals surface area contributed by atoms with E-state index in [0.29, 0.717) is 51.9 Å². The number of rotatable bonds is 9. The molecule has 2 fully saturated rings. The van der Waals surface area contributed by atoms with Crippen molar-refractivity contribution in [2.75, 3.05) is 75.5 Å². The minimum absolute atomic E-state index is 0.00322. The van der Waals surface area contributed by atoms with E-state index in [1.54, 1.807) is 9.80 Å². The van der Waals surface area contributed by atoms with Crippen LogP contribution in [0.15, 0.2) is 0 Å². The molecule has 204 valence electrons. The van der Waals surface area contributed by atoms with E-state index in [1.807, 2.05) is 45.6 Å². The number of anilines is 2. The van der Waals surface area contributed by atoms with Gasteiger partial charge in [0.1, 0.15) is 12.2 Å². The fourth-order valence-corrected chi connectivity index (χ4v) is 4.11. The average Bonchev–Trinajstić information content (AvgIpc) is 2.86. The number of amides is 2. The van der Waals surface area contributed by atoms with Gasteiger partial charge in [-0.2, -0.15) is 20.2 Å². The molecule has 2 aliphatic heterocycles. The number of nitrogens with one attached hydrogen (secondary N) is 2. The Hall–Kier alpha value is -3.08.